The van der Waals surface area contributed by atoms with Gasteiger partial charge in [-0.05, 0) is 12.3 Å². The highest BCUT2D eigenvalue weighted by Gasteiger charge is 1.91. The van der Waals surface area contributed by atoms with Crippen LogP contribution in [0.4, 0.5) is 4.39 Å². The first-order chi connectivity index (χ1) is 4.31. The van der Waals surface area contributed by atoms with Crippen molar-refractivity contribution in [1.82, 2.24) is 0 Å². The van der Waals surface area contributed by atoms with Gasteiger partial charge in [0.25, 0.3) is 0 Å². The summed E-state index contributed by atoms with van der Waals surface area (Å²) in [5, 5.41) is 0. The van der Waals surface area contributed by atoms with Crippen molar-refractivity contribution >= 4 is 0 Å². The van der Waals surface area contributed by atoms with Gasteiger partial charge in [0.2, 0.25) is 0 Å². The molecule has 0 N–H and O–H groups in total. The van der Waals surface area contributed by atoms with E-state index in [1.54, 1.807) is 6.08 Å². The molecule has 0 amide bonds. The Kier molecular flexibility index (Phi) is 5.59. The Balaban J connectivity index is 3.25. The zero-order valence-corrected chi connectivity index (χ0v) is 6.23. The first-order valence-corrected chi connectivity index (χ1v) is 3.53. The van der Waals surface area contributed by atoms with Crippen LogP contribution in [0.15, 0.2) is 12.2 Å². The van der Waals surface area contributed by atoms with Gasteiger partial charge in [-0.3, -0.25) is 0 Å². The minimum atomic E-state index is -0.325. The van der Waals surface area contributed by atoms with Gasteiger partial charge in [0.1, 0.15) is 6.67 Å². The molecule has 54 valence electrons. The average Bonchev–Trinajstić information content (AvgIpc) is 1.85. The molecule has 0 heterocycles. The molecule has 0 aromatic heterocycles. The topological polar surface area (TPSA) is 0 Å². The maximum atomic E-state index is 11.5. The summed E-state index contributed by atoms with van der Waals surface area (Å²) >= 11 is 0. The molecule has 0 radical (unpaired) electrons. The number of halogens is 1. The highest BCUT2D eigenvalue weighted by molar-refractivity contribution is 4.85. The third-order valence-electron chi connectivity index (χ3n) is 1.30. The first kappa shape index (κ1) is 8.67. The zero-order chi connectivity index (χ0) is 7.11. The number of allylic oxidation sites excluding steroid dienone is 2. The molecule has 0 bridgehead atoms. The van der Waals surface area contributed by atoms with Gasteiger partial charge < -0.3 is 0 Å². The summed E-state index contributed by atoms with van der Waals surface area (Å²) in [6.45, 7) is 3.92. The standard InChI is InChI=1S/C8H15F/c1-3-5-8(2)6-4-7-9/h4,6,8H,3,5,7H2,1-2H3/b6-4-/t8-/m1/s1. The SMILES string of the molecule is CCC[C@@H](C)/C=C\CF. The summed E-state index contributed by atoms with van der Waals surface area (Å²) < 4.78 is 11.5. The molecule has 0 fully saturated rings. The fourth-order valence-electron chi connectivity index (χ4n) is 0.835. The molecule has 0 aliphatic heterocycles. The van der Waals surface area contributed by atoms with Crippen LogP contribution in [-0.2, 0) is 0 Å². The lowest BCUT2D eigenvalue weighted by molar-refractivity contribution is 0.554. The van der Waals surface area contributed by atoms with Crippen molar-refractivity contribution in [3.05, 3.63) is 12.2 Å². The average molecular weight is 130 g/mol. The summed E-state index contributed by atoms with van der Waals surface area (Å²) in [5.41, 5.74) is 0. The van der Waals surface area contributed by atoms with Crippen molar-refractivity contribution in [3.63, 3.8) is 0 Å². The van der Waals surface area contributed by atoms with E-state index >= 15 is 0 Å². The minimum absolute atomic E-state index is 0.325. The number of hydrogen-bond acceptors (Lipinski definition) is 0. The third kappa shape index (κ3) is 5.54. The van der Waals surface area contributed by atoms with Crippen molar-refractivity contribution in [2.75, 3.05) is 6.67 Å². The van der Waals surface area contributed by atoms with Crippen molar-refractivity contribution in [3.8, 4) is 0 Å². The van der Waals surface area contributed by atoms with E-state index in [-0.39, 0.29) is 6.67 Å². The summed E-state index contributed by atoms with van der Waals surface area (Å²) in [6, 6.07) is 0. The van der Waals surface area contributed by atoms with Crippen molar-refractivity contribution < 1.29 is 4.39 Å². The molecule has 0 aromatic carbocycles. The van der Waals surface area contributed by atoms with Gasteiger partial charge in [-0.15, -0.1) is 0 Å². The molecular weight excluding hydrogens is 115 g/mol. The summed E-state index contributed by atoms with van der Waals surface area (Å²) in [7, 11) is 0. The van der Waals surface area contributed by atoms with E-state index in [0.29, 0.717) is 5.92 Å². The van der Waals surface area contributed by atoms with Gasteiger partial charge in [-0.25, -0.2) is 4.39 Å². The zero-order valence-electron chi connectivity index (χ0n) is 6.23. The molecule has 0 saturated carbocycles. The maximum absolute atomic E-state index is 11.5. The van der Waals surface area contributed by atoms with Crippen LogP contribution < -0.4 is 0 Å². The molecule has 0 aliphatic carbocycles. The molecule has 1 heteroatoms. The minimum Gasteiger partial charge on any atom is -0.247 e. The first-order valence-electron chi connectivity index (χ1n) is 3.53. The van der Waals surface area contributed by atoms with Crippen molar-refractivity contribution in [2.45, 2.75) is 26.7 Å². The predicted octanol–water partition coefficient (Wildman–Crippen LogP) is 2.95. The van der Waals surface area contributed by atoms with E-state index in [0.717, 1.165) is 6.42 Å². The van der Waals surface area contributed by atoms with Gasteiger partial charge in [-0.2, -0.15) is 0 Å². The molecule has 1 atom stereocenters. The molecule has 9 heavy (non-hydrogen) atoms. The lowest BCUT2D eigenvalue weighted by Gasteiger charge is -2.00. The van der Waals surface area contributed by atoms with E-state index in [1.807, 2.05) is 6.08 Å². The smallest absolute Gasteiger partial charge is 0.108 e. The number of rotatable bonds is 4. The molecule has 0 unspecified atom stereocenters. The van der Waals surface area contributed by atoms with Crippen LogP contribution in [0.25, 0.3) is 0 Å². The van der Waals surface area contributed by atoms with Gasteiger partial charge in [-0.1, -0.05) is 32.4 Å². The van der Waals surface area contributed by atoms with Gasteiger partial charge in [0.05, 0.1) is 0 Å². The van der Waals surface area contributed by atoms with Crippen molar-refractivity contribution in [2.24, 2.45) is 5.92 Å². The lowest BCUT2D eigenvalue weighted by atomic mass is 10.1. The molecule has 0 saturated heterocycles. The highest BCUT2D eigenvalue weighted by atomic mass is 19.1. The Morgan fingerprint density at radius 2 is 2.22 bits per heavy atom. The number of alkyl halides is 1. The summed E-state index contributed by atoms with van der Waals surface area (Å²) in [4.78, 5) is 0. The predicted molar refractivity (Wildman–Crippen MR) is 39.2 cm³/mol. The molecular formula is C8H15F. The van der Waals surface area contributed by atoms with Gasteiger partial charge >= 0.3 is 0 Å². The maximum Gasteiger partial charge on any atom is 0.108 e. The largest absolute Gasteiger partial charge is 0.247 e. The van der Waals surface area contributed by atoms with E-state index in [1.165, 1.54) is 6.42 Å². The Hall–Kier alpha value is -0.330. The molecule has 0 rings (SSSR count). The molecule has 0 aliphatic rings. The lowest BCUT2D eigenvalue weighted by Crippen LogP contribution is -1.86. The fourth-order valence-corrected chi connectivity index (χ4v) is 0.835. The molecule has 0 nitrogen and oxygen atoms in total. The Labute approximate surface area is 56.8 Å². The van der Waals surface area contributed by atoms with Gasteiger partial charge in [0.15, 0.2) is 0 Å². The van der Waals surface area contributed by atoms with E-state index in [4.69, 9.17) is 0 Å². The molecule has 0 spiro atoms. The Morgan fingerprint density at radius 1 is 1.56 bits per heavy atom. The van der Waals surface area contributed by atoms with Crippen LogP contribution in [0.1, 0.15) is 26.7 Å². The van der Waals surface area contributed by atoms with E-state index in [2.05, 4.69) is 13.8 Å². The summed E-state index contributed by atoms with van der Waals surface area (Å²) in [5.74, 6) is 0.547. The van der Waals surface area contributed by atoms with Crippen LogP contribution in [0, 0.1) is 5.92 Å². The summed E-state index contributed by atoms with van der Waals surface area (Å²) in [6.07, 6.45) is 5.86. The van der Waals surface area contributed by atoms with Crippen LogP contribution in [0.5, 0.6) is 0 Å². The Morgan fingerprint density at radius 3 is 2.67 bits per heavy atom. The quantitative estimate of drug-likeness (QED) is 0.513. The Bertz CT molecular complexity index is 76.6. The van der Waals surface area contributed by atoms with Gasteiger partial charge in [0, 0.05) is 0 Å². The van der Waals surface area contributed by atoms with Crippen molar-refractivity contribution in [1.29, 1.82) is 0 Å². The molecule has 0 aromatic rings. The second kappa shape index (κ2) is 5.80. The second-order valence-electron chi connectivity index (χ2n) is 2.35. The highest BCUT2D eigenvalue weighted by Crippen LogP contribution is 2.05. The van der Waals surface area contributed by atoms with E-state index < -0.39 is 0 Å². The fraction of sp³-hybridized carbons (Fsp3) is 0.750. The second-order valence-corrected chi connectivity index (χ2v) is 2.35. The number of hydrogen-bond donors (Lipinski definition) is 0. The van der Waals surface area contributed by atoms with Crippen LogP contribution in [0.2, 0.25) is 0 Å². The monoisotopic (exact) mass is 130 g/mol. The van der Waals surface area contributed by atoms with Crippen LogP contribution in [-0.4, -0.2) is 6.67 Å². The normalized spacial score (nSPS) is 14.6. The van der Waals surface area contributed by atoms with Crippen LogP contribution in [0.3, 0.4) is 0 Å². The van der Waals surface area contributed by atoms with Crippen LogP contribution >= 0.6 is 0 Å². The van der Waals surface area contributed by atoms with E-state index in [9.17, 15) is 4.39 Å². The third-order valence-corrected chi connectivity index (χ3v) is 1.30.